The average molecular weight is 298 g/mol. The molecule has 0 fully saturated rings. The molecule has 2 aromatic rings. The third kappa shape index (κ3) is 3.54. The number of hydrogen-bond donors (Lipinski definition) is 1. The third-order valence-electron chi connectivity index (χ3n) is 3.19. The Morgan fingerprint density at radius 1 is 1.05 bits per heavy atom. The molecule has 0 aliphatic heterocycles. The standard InChI is InChI=1S/C16H14N2O4/c1-11(16(20)17-13-5-3-2-4-6-13)15(19)12-7-9-14(10-8-12)18(21)22/h2-11H,1H3,(H,17,20)/t11-/m0/s1. The van der Waals surface area contributed by atoms with Crippen LogP contribution in [0.2, 0.25) is 0 Å². The minimum absolute atomic E-state index is 0.0991. The number of Topliss-reactive ketones (excluding diaryl/α,β-unsaturated/α-hetero) is 1. The molecule has 0 aliphatic rings. The van der Waals surface area contributed by atoms with Gasteiger partial charge in [0.1, 0.15) is 0 Å². The van der Waals surface area contributed by atoms with Crippen LogP contribution in [0.3, 0.4) is 0 Å². The van der Waals surface area contributed by atoms with Gasteiger partial charge in [-0.2, -0.15) is 0 Å². The Morgan fingerprint density at radius 2 is 1.64 bits per heavy atom. The second kappa shape index (κ2) is 6.62. The monoisotopic (exact) mass is 298 g/mol. The number of nitro benzene ring substituents is 1. The van der Waals surface area contributed by atoms with Crippen LogP contribution >= 0.6 is 0 Å². The van der Waals surface area contributed by atoms with Crippen molar-refractivity contribution in [2.24, 2.45) is 5.92 Å². The molecular weight excluding hydrogens is 284 g/mol. The lowest BCUT2D eigenvalue weighted by Crippen LogP contribution is -2.27. The molecule has 1 atom stereocenters. The highest BCUT2D eigenvalue weighted by Crippen LogP contribution is 2.16. The molecule has 6 heteroatoms. The van der Waals surface area contributed by atoms with Gasteiger partial charge in [0, 0.05) is 23.4 Å². The maximum Gasteiger partial charge on any atom is 0.269 e. The van der Waals surface area contributed by atoms with Gasteiger partial charge in [-0.05, 0) is 31.2 Å². The highest BCUT2D eigenvalue weighted by molar-refractivity contribution is 6.13. The van der Waals surface area contributed by atoms with E-state index in [2.05, 4.69) is 5.32 Å². The summed E-state index contributed by atoms with van der Waals surface area (Å²) in [4.78, 5) is 34.3. The van der Waals surface area contributed by atoms with Crippen LogP contribution < -0.4 is 5.32 Å². The summed E-state index contributed by atoms with van der Waals surface area (Å²) in [7, 11) is 0. The lowest BCUT2D eigenvalue weighted by atomic mass is 9.98. The second-order valence-electron chi connectivity index (χ2n) is 4.75. The maximum absolute atomic E-state index is 12.2. The van der Waals surface area contributed by atoms with Crippen LogP contribution in [0.15, 0.2) is 54.6 Å². The number of nitrogens with zero attached hydrogens (tertiary/aromatic N) is 1. The van der Waals surface area contributed by atoms with Crippen LogP contribution in [-0.4, -0.2) is 16.6 Å². The van der Waals surface area contributed by atoms with Gasteiger partial charge in [0.25, 0.3) is 5.69 Å². The molecule has 0 unspecified atom stereocenters. The summed E-state index contributed by atoms with van der Waals surface area (Å²) in [6.07, 6.45) is 0. The van der Waals surface area contributed by atoms with Gasteiger partial charge in [0.15, 0.2) is 5.78 Å². The predicted octanol–water partition coefficient (Wildman–Crippen LogP) is 3.05. The number of para-hydroxylation sites is 1. The van der Waals surface area contributed by atoms with Crippen LogP contribution in [0.4, 0.5) is 11.4 Å². The van der Waals surface area contributed by atoms with Gasteiger partial charge in [-0.1, -0.05) is 18.2 Å². The SMILES string of the molecule is C[C@H](C(=O)Nc1ccccc1)C(=O)c1ccc([N+](=O)[O-])cc1. The lowest BCUT2D eigenvalue weighted by Gasteiger charge is -2.11. The Balaban J connectivity index is 2.08. The molecule has 1 amide bonds. The molecular formula is C16H14N2O4. The lowest BCUT2D eigenvalue weighted by molar-refractivity contribution is -0.384. The Hall–Kier alpha value is -3.02. The zero-order valence-corrected chi connectivity index (χ0v) is 11.9. The van der Waals surface area contributed by atoms with Crippen LogP contribution in [0.1, 0.15) is 17.3 Å². The van der Waals surface area contributed by atoms with E-state index >= 15 is 0 Å². The molecule has 0 bridgehead atoms. The molecule has 6 nitrogen and oxygen atoms in total. The highest BCUT2D eigenvalue weighted by atomic mass is 16.6. The van der Waals surface area contributed by atoms with Crippen molar-refractivity contribution in [2.75, 3.05) is 5.32 Å². The molecule has 0 spiro atoms. The normalized spacial score (nSPS) is 11.5. The largest absolute Gasteiger partial charge is 0.325 e. The van der Waals surface area contributed by atoms with Gasteiger partial charge in [-0.25, -0.2) is 0 Å². The minimum atomic E-state index is -0.887. The first kappa shape index (κ1) is 15.4. The van der Waals surface area contributed by atoms with E-state index in [1.54, 1.807) is 24.3 Å². The molecule has 1 N–H and O–H groups in total. The van der Waals surface area contributed by atoms with Crippen LogP contribution in [0, 0.1) is 16.0 Å². The first-order chi connectivity index (χ1) is 10.5. The molecule has 0 heterocycles. The Labute approximate surface area is 126 Å². The number of anilines is 1. The van der Waals surface area contributed by atoms with E-state index in [1.807, 2.05) is 6.07 Å². The number of benzene rings is 2. The molecule has 0 radical (unpaired) electrons. The van der Waals surface area contributed by atoms with Gasteiger partial charge in [-0.15, -0.1) is 0 Å². The van der Waals surface area contributed by atoms with Crippen molar-refractivity contribution in [1.82, 2.24) is 0 Å². The van der Waals surface area contributed by atoms with Gasteiger partial charge in [-0.3, -0.25) is 19.7 Å². The van der Waals surface area contributed by atoms with Crippen molar-refractivity contribution in [3.8, 4) is 0 Å². The van der Waals surface area contributed by atoms with Gasteiger partial charge >= 0.3 is 0 Å². The number of hydrogen-bond acceptors (Lipinski definition) is 4. The summed E-state index contributed by atoms with van der Waals surface area (Å²) in [5.41, 5.74) is 0.773. The zero-order valence-electron chi connectivity index (χ0n) is 11.9. The fourth-order valence-corrected chi connectivity index (χ4v) is 1.89. The van der Waals surface area contributed by atoms with Crippen LogP contribution in [0.5, 0.6) is 0 Å². The number of non-ortho nitro benzene ring substituents is 1. The van der Waals surface area contributed by atoms with Crippen LogP contribution in [0.25, 0.3) is 0 Å². The number of carbonyl (C=O) groups is 2. The molecule has 2 aromatic carbocycles. The van der Waals surface area contributed by atoms with E-state index in [9.17, 15) is 19.7 Å². The molecule has 0 aromatic heterocycles. The maximum atomic E-state index is 12.2. The number of ketones is 1. The zero-order chi connectivity index (χ0) is 16.1. The molecule has 0 saturated carbocycles. The van der Waals surface area contributed by atoms with E-state index < -0.39 is 16.7 Å². The summed E-state index contributed by atoms with van der Waals surface area (Å²) in [6, 6.07) is 14.0. The van der Waals surface area contributed by atoms with Gasteiger partial charge in [0.2, 0.25) is 5.91 Å². The topological polar surface area (TPSA) is 89.3 Å². The van der Waals surface area contributed by atoms with Crippen molar-refractivity contribution in [3.63, 3.8) is 0 Å². The summed E-state index contributed by atoms with van der Waals surface area (Å²) in [5, 5.41) is 13.2. The van der Waals surface area contributed by atoms with E-state index in [-0.39, 0.29) is 17.0 Å². The van der Waals surface area contributed by atoms with Gasteiger partial charge < -0.3 is 5.32 Å². The number of rotatable bonds is 5. The smallest absolute Gasteiger partial charge is 0.269 e. The molecule has 0 saturated heterocycles. The second-order valence-corrected chi connectivity index (χ2v) is 4.75. The predicted molar refractivity (Wildman–Crippen MR) is 81.7 cm³/mol. The summed E-state index contributed by atoms with van der Waals surface area (Å²) in [5.74, 6) is -1.69. The quantitative estimate of drug-likeness (QED) is 0.397. The van der Waals surface area contributed by atoms with Crippen molar-refractivity contribution in [2.45, 2.75) is 6.92 Å². The molecule has 22 heavy (non-hydrogen) atoms. The fraction of sp³-hybridized carbons (Fsp3) is 0.125. The third-order valence-corrected chi connectivity index (χ3v) is 3.19. The van der Waals surface area contributed by atoms with Crippen molar-refractivity contribution in [3.05, 3.63) is 70.3 Å². The minimum Gasteiger partial charge on any atom is -0.325 e. The summed E-state index contributed by atoms with van der Waals surface area (Å²) >= 11 is 0. The van der Waals surface area contributed by atoms with Crippen LogP contribution in [-0.2, 0) is 4.79 Å². The molecule has 112 valence electrons. The number of nitrogens with one attached hydrogen (secondary N) is 1. The summed E-state index contributed by atoms with van der Waals surface area (Å²) in [6.45, 7) is 1.50. The van der Waals surface area contributed by atoms with Crippen molar-refractivity contribution in [1.29, 1.82) is 0 Å². The Bertz CT molecular complexity index is 696. The van der Waals surface area contributed by atoms with Crippen molar-refractivity contribution >= 4 is 23.1 Å². The van der Waals surface area contributed by atoms with E-state index in [4.69, 9.17) is 0 Å². The average Bonchev–Trinajstić information content (AvgIpc) is 2.54. The fourth-order valence-electron chi connectivity index (χ4n) is 1.89. The first-order valence-corrected chi connectivity index (χ1v) is 6.63. The molecule has 2 rings (SSSR count). The first-order valence-electron chi connectivity index (χ1n) is 6.63. The van der Waals surface area contributed by atoms with Gasteiger partial charge in [0.05, 0.1) is 10.8 Å². The Morgan fingerprint density at radius 3 is 2.18 bits per heavy atom. The number of amides is 1. The van der Waals surface area contributed by atoms with E-state index in [0.717, 1.165) is 0 Å². The Kier molecular flexibility index (Phi) is 4.63. The highest BCUT2D eigenvalue weighted by Gasteiger charge is 2.23. The number of carbonyl (C=O) groups excluding carboxylic acids is 2. The van der Waals surface area contributed by atoms with Crippen molar-refractivity contribution < 1.29 is 14.5 Å². The van der Waals surface area contributed by atoms with E-state index in [0.29, 0.717) is 5.69 Å². The molecule has 0 aliphatic carbocycles. The summed E-state index contributed by atoms with van der Waals surface area (Å²) < 4.78 is 0. The van der Waals surface area contributed by atoms with E-state index in [1.165, 1.54) is 31.2 Å². The number of nitro groups is 1.